The van der Waals surface area contributed by atoms with Gasteiger partial charge in [-0.15, -0.1) is 0 Å². The first-order valence-corrected chi connectivity index (χ1v) is 7.32. The highest BCUT2D eigenvalue weighted by atomic mass is 17.0. The highest BCUT2D eigenvalue weighted by molar-refractivity contribution is 5.85. The Morgan fingerprint density at radius 2 is 1.32 bits per heavy atom. The molecule has 0 aromatic heterocycles. The molecule has 2 heterocycles. The predicted molar refractivity (Wildman–Crippen MR) is 75.0 cm³/mol. The number of carbonyl (C=O) groups excluding carboxylic acids is 4. The maximum Gasteiger partial charge on any atom is 0.338 e. The van der Waals surface area contributed by atoms with Crippen molar-refractivity contribution in [2.45, 2.75) is 24.7 Å². The van der Waals surface area contributed by atoms with Gasteiger partial charge in [0.2, 0.25) is 0 Å². The van der Waals surface area contributed by atoms with Crippen molar-refractivity contribution in [2.24, 2.45) is 11.8 Å². The maximum atomic E-state index is 12.2. The first kappa shape index (κ1) is 19.1. The Morgan fingerprint density at radius 1 is 0.800 bits per heavy atom. The Hall–Kier alpha value is -2.24. The summed E-state index contributed by atoms with van der Waals surface area (Å²) >= 11 is 0. The first-order chi connectivity index (χ1) is 11.9. The molecule has 0 aliphatic carbocycles. The van der Waals surface area contributed by atoms with Crippen LogP contribution < -0.4 is 0 Å². The van der Waals surface area contributed by atoms with Crippen LogP contribution in [0.5, 0.6) is 0 Å². The molecule has 0 aromatic rings. The highest BCUT2D eigenvalue weighted by Crippen LogP contribution is 2.43. The van der Waals surface area contributed by atoms with E-state index < -0.39 is 54.0 Å². The Kier molecular flexibility index (Phi) is 5.93. The Bertz CT molecular complexity index is 564. The molecule has 11 nitrogen and oxygen atoms in total. The summed E-state index contributed by atoms with van der Waals surface area (Å²) in [5.41, 5.74) is 0. The monoisotopic (exact) mass is 361 g/mol. The summed E-state index contributed by atoms with van der Waals surface area (Å²) in [5, 5.41) is 0.859. The SMILES string of the molecule is COC(=O)C[C@@H]1[C@H]2[C@@H](C(=O)OC)[C@H](C(=O)OC)ON2O[C@H]1C(=O)OC. The van der Waals surface area contributed by atoms with E-state index >= 15 is 0 Å². The van der Waals surface area contributed by atoms with Crippen molar-refractivity contribution in [3.63, 3.8) is 0 Å². The second-order valence-electron chi connectivity index (χ2n) is 5.37. The first-order valence-electron chi connectivity index (χ1n) is 7.32. The van der Waals surface area contributed by atoms with Crippen molar-refractivity contribution in [1.29, 1.82) is 0 Å². The smallest absolute Gasteiger partial charge is 0.338 e. The summed E-state index contributed by atoms with van der Waals surface area (Å²) in [7, 11) is 4.61. The van der Waals surface area contributed by atoms with Gasteiger partial charge in [-0.05, 0) is 0 Å². The van der Waals surface area contributed by atoms with Crippen LogP contribution in [-0.2, 0) is 47.8 Å². The van der Waals surface area contributed by atoms with Gasteiger partial charge in [0.05, 0.1) is 40.9 Å². The van der Waals surface area contributed by atoms with Crippen LogP contribution in [-0.4, -0.2) is 75.8 Å². The van der Waals surface area contributed by atoms with E-state index in [1.54, 1.807) is 0 Å². The number of nitrogens with zero attached hydrogens (tertiary/aromatic N) is 1. The van der Waals surface area contributed by atoms with E-state index in [1.807, 2.05) is 0 Å². The lowest BCUT2D eigenvalue weighted by Gasteiger charge is -2.22. The second-order valence-corrected chi connectivity index (χ2v) is 5.37. The lowest BCUT2D eigenvalue weighted by atomic mass is 9.82. The molecule has 2 aliphatic rings. The van der Waals surface area contributed by atoms with Crippen LogP contribution >= 0.6 is 0 Å². The number of methoxy groups -OCH3 is 4. The molecule has 2 saturated heterocycles. The van der Waals surface area contributed by atoms with Crippen LogP contribution in [0.15, 0.2) is 0 Å². The van der Waals surface area contributed by atoms with Crippen molar-refractivity contribution in [3.8, 4) is 0 Å². The fourth-order valence-electron chi connectivity index (χ4n) is 2.99. The van der Waals surface area contributed by atoms with Gasteiger partial charge in [0.1, 0.15) is 5.92 Å². The van der Waals surface area contributed by atoms with E-state index in [-0.39, 0.29) is 6.42 Å². The number of hydrogen-bond donors (Lipinski definition) is 0. The van der Waals surface area contributed by atoms with Crippen molar-refractivity contribution in [3.05, 3.63) is 0 Å². The third kappa shape index (κ3) is 3.43. The molecular weight excluding hydrogens is 342 g/mol. The molecule has 0 radical (unpaired) electrons. The zero-order chi connectivity index (χ0) is 18.7. The fraction of sp³-hybridized carbons (Fsp3) is 0.714. The predicted octanol–water partition coefficient (Wildman–Crippen LogP) is -1.40. The third-order valence-electron chi connectivity index (χ3n) is 4.17. The summed E-state index contributed by atoms with van der Waals surface area (Å²) in [6.07, 6.45) is -2.80. The molecule has 0 saturated carbocycles. The Morgan fingerprint density at radius 3 is 1.84 bits per heavy atom. The van der Waals surface area contributed by atoms with E-state index in [9.17, 15) is 19.2 Å². The molecule has 140 valence electrons. The lowest BCUT2D eigenvalue weighted by Crippen LogP contribution is -2.44. The van der Waals surface area contributed by atoms with Gasteiger partial charge in [-0.3, -0.25) is 19.3 Å². The second kappa shape index (κ2) is 7.76. The van der Waals surface area contributed by atoms with Gasteiger partial charge >= 0.3 is 23.9 Å². The van der Waals surface area contributed by atoms with Crippen LogP contribution in [0.3, 0.4) is 0 Å². The summed E-state index contributed by atoms with van der Waals surface area (Å²) in [4.78, 5) is 58.5. The summed E-state index contributed by atoms with van der Waals surface area (Å²) < 4.78 is 18.6. The van der Waals surface area contributed by atoms with Crippen molar-refractivity contribution in [1.82, 2.24) is 5.23 Å². The van der Waals surface area contributed by atoms with Gasteiger partial charge in [0, 0.05) is 5.92 Å². The zero-order valence-corrected chi connectivity index (χ0v) is 14.1. The average Bonchev–Trinajstić information content (AvgIpc) is 3.16. The summed E-state index contributed by atoms with van der Waals surface area (Å²) in [6, 6.07) is -0.945. The van der Waals surface area contributed by atoms with Crippen LogP contribution in [0, 0.1) is 11.8 Å². The van der Waals surface area contributed by atoms with E-state index in [2.05, 4.69) is 14.2 Å². The number of hydrogen-bond acceptors (Lipinski definition) is 11. The minimum absolute atomic E-state index is 0.262. The number of rotatable bonds is 5. The van der Waals surface area contributed by atoms with E-state index in [4.69, 9.17) is 14.4 Å². The van der Waals surface area contributed by atoms with E-state index in [0.29, 0.717) is 0 Å². The molecule has 11 heteroatoms. The van der Waals surface area contributed by atoms with Crippen LogP contribution in [0.25, 0.3) is 0 Å². The number of hydroxylamine groups is 2. The molecule has 5 atom stereocenters. The zero-order valence-electron chi connectivity index (χ0n) is 14.1. The Labute approximate surface area is 142 Å². The highest BCUT2D eigenvalue weighted by Gasteiger charge is 2.63. The number of esters is 4. The van der Waals surface area contributed by atoms with Crippen LogP contribution in [0.4, 0.5) is 0 Å². The molecule has 2 aliphatic heterocycles. The molecule has 0 unspecified atom stereocenters. The molecular formula is C14H19NO10. The molecule has 0 N–H and O–H groups in total. The van der Waals surface area contributed by atoms with Crippen molar-refractivity contribution >= 4 is 23.9 Å². The quantitative estimate of drug-likeness (QED) is 0.424. The topological polar surface area (TPSA) is 127 Å². The summed E-state index contributed by atoms with van der Waals surface area (Å²) in [6.45, 7) is 0. The van der Waals surface area contributed by atoms with Crippen LogP contribution in [0.2, 0.25) is 0 Å². The van der Waals surface area contributed by atoms with Gasteiger partial charge in [0.25, 0.3) is 0 Å². The van der Waals surface area contributed by atoms with Gasteiger partial charge < -0.3 is 18.9 Å². The van der Waals surface area contributed by atoms with E-state index in [1.165, 1.54) is 7.11 Å². The fourth-order valence-corrected chi connectivity index (χ4v) is 2.99. The maximum absolute atomic E-state index is 12.2. The largest absolute Gasteiger partial charge is 0.469 e. The lowest BCUT2D eigenvalue weighted by molar-refractivity contribution is -0.350. The molecule has 0 amide bonds. The third-order valence-corrected chi connectivity index (χ3v) is 4.17. The normalized spacial score (nSPS) is 31.1. The number of ether oxygens (including phenoxy) is 4. The number of fused-ring (bicyclic) bond motifs is 1. The van der Waals surface area contributed by atoms with Gasteiger partial charge in [-0.1, -0.05) is 5.23 Å². The standard InChI is InChI=1S/C14H19NO10/c1-20-7(16)5-6-9-8(12(17)21-2)11(14(19)23-4)25-15(9)24-10(6)13(18)22-3/h6,8-11H,5H2,1-4H3/t6-,8-,9+,10-,11-/m1/s1. The molecule has 25 heavy (non-hydrogen) atoms. The minimum atomic E-state index is -1.33. The van der Waals surface area contributed by atoms with Crippen molar-refractivity contribution in [2.75, 3.05) is 28.4 Å². The average molecular weight is 361 g/mol. The molecule has 2 fully saturated rings. The molecule has 0 aromatic carbocycles. The Balaban J connectivity index is 2.38. The molecule has 0 bridgehead atoms. The summed E-state index contributed by atoms with van der Waals surface area (Å²) in [5.74, 6) is -5.01. The van der Waals surface area contributed by atoms with Gasteiger partial charge in [-0.2, -0.15) is 0 Å². The van der Waals surface area contributed by atoms with Gasteiger partial charge in [-0.25, -0.2) is 9.59 Å². The number of carbonyl (C=O) groups is 4. The van der Waals surface area contributed by atoms with Gasteiger partial charge in [0.15, 0.2) is 12.2 Å². The molecule has 2 rings (SSSR count). The van der Waals surface area contributed by atoms with Crippen LogP contribution in [0.1, 0.15) is 6.42 Å². The van der Waals surface area contributed by atoms with E-state index in [0.717, 1.165) is 26.6 Å². The minimum Gasteiger partial charge on any atom is -0.469 e. The van der Waals surface area contributed by atoms with Crippen molar-refractivity contribution < 1.29 is 47.8 Å². The molecule has 0 spiro atoms.